The molecule has 2 rings (SSSR count). The van der Waals surface area contributed by atoms with Gasteiger partial charge in [0.25, 0.3) is 0 Å². The van der Waals surface area contributed by atoms with Gasteiger partial charge < -0.3 is 29.6 Å². The van der Waals surface area contributed by atoms with Gasteiger partial charge in [-0.05, 0) is 43.7 Å². The number of hydrogen-bond donors (Lipinski definition) is 2. The third-order valence-electron chi connectivity index (χ3n) is 4.15. The van der Waals surface area contributed by atoms with Crippen LogP contribution in [0.25, 0.3) is 0 Å². The number of rotatable bonds is 10. The molecule has 0 spiro atoms. The van der Waals surface area contributed by atoms with Crippen molar-refractivity contribution >= 4 is 5.96 Å². The van der Waals surface area contributed by atoms with Gasteiger partial charge in [-0.25, -0.2) is 4.99 Å². The van der Waals surface area contributed by atoms with Gasteiger partial charge in [-0.3, -0.25) is 0 Å². The molecule has 0 bridgehead atoms. The van der Waals surface area contributed by atoms with Crippen LogP contribution >= 0.6 is 0 Å². The molecule has 0 heterocycles. The van der Waals surface area contributed by atoms with Crippen LogP contribution in [0.3, 0.4) is 0 Å². The zero-order valence-electron chi connectivity index (χ0n) is 17.8. The minimum atomic E-state index is -0.0490. The van der Waals surface area contributed by atoms with Gasteiger partial charge in [0.05, 0.1) is 34.4 Å². The van der Waals surface area contributed by atoms with Crippen LogP contribution in [-0.4, -0.2) is 46.5 Å². The molecular formula is C22H31N3O4. The van der Waals surface area contributed by atoms with E-state index in [9.17, 15) is 0 Å². The lowest BCUT2D eigenvalue weighted by atomic mass is 10.2. The lowest BCUT2D eigenvalue weighted by Gasteiger charge is -2.18. The summed E-state index contributed by atoms with van der Waals surface area (Å²) in [6.45, 7) is 5.92. The topological polar surface area (TPSA) is 73.3 Å². The Morgan fingerprint density at radius 1 is 0.931 bits per heavy atom. The second-order valence-corrected chi connectivity index (χ2v) is 6.37. The van der Waals surface area contributed by atoms with Crippen LogP contribution in [0.5, 0.6) is 23.0 Å². The van der Waals surface area contributed by atoms with Crippen molar-refractivity contribution in [2.45, 2.75) is 26.5 Å². The van der Waals surface area contributed by atoms with Crippen LogP contribution < -0.4 is 29.6 Å². The van der Waals surface area contributed by atoms with E-state index in [0.29, 0.717) is 24.6 Å². The van der Waals surface area contributed by atoms with Crippen molar-refractivity contribution in [1.82, 2.24) is 10.6 Å². The molecule has 29 heavy (non-hydrogen) atoms. The van der Waals surface area contributed by atoms with Crippen LogP contribution in [0.1, 0.15) is 19.4 Å². The van der Waals surface area contributed by atoms with Gasteiger partial charge >= 0.3 is 0 Å². The minimum Gasteiger partial charge on any atom is -0.497 e. The number of benzene rings is 2. The Balaban J connectivity index is 1.94. The number of nitrogens with zero attached hydrogens (tertiary/aromatic N) is 1. The average Bonchev–Trinajstić information content (AvgIpc) is 2.75. The van der Waals surface area contributed by atoms with Gasteiger partial charge in [-0.15, -0.1) is 0 Å². The highest BCUT2D eigenvalue weighted by molar-refractivity contribution is 5.79. The number of nitrogens with one attached hydrogen (secondary N) is 2. The van der Waals surface area contributed by atoms with E-state index in [4.69, 9.17) is 18.9 Å². The summed E-state index contributed by atoms with van der Waals surface area (Å²) in [5, 5.41) is 6.57. The highest BCUT2D eigenvalue weighted by Crippen LogP contribution is 2.27. The largest absolute Gasteiger partial charge is 0.497 e. The molecule has 0 saturated carbocycles. The summed E-state index contributed by atoms with van der Waals surface area (Å²) >= 11 is 0. The van der Waals surface area contributed by atoms with Crippen LogP contribution in [0, 0.1) is 0 Å². The molecule has 0 aliphatic carbocycles. The van der Waals surface area contributed by atoms with E-state index in [0.717, 1.165) is 29.6 Å². The summed E-state index contributed by atoms with van der Waals surface area (Å²) < 4.78 is 21.8. The van der Waals surface area contributed by atoms with E-state index in [1.54, 1.807) is 21.3 Å². The zero-order chi connectivity index (χ0) is 21.1. The van der Waals surface area contributed by atoms with Crippen LogP contribution in [0.2, 0.25) is 0 Å². The Morgan fingerprint density at radius 2 is 1.69 bits per heavy atom. The summed E-state index contributed by atoms with van der Waals surface area (Å²) in [5.74, 6) is 3.66. The number of guanidine groups is 1. The molecule has 1 unspecified atom stereocenters. The van der Waals surface area contributed by atoms with Crippen molar-refractivity contribution in [1.29, 1.82) is 0 Å². The van der Waals surface area contributed by atoms with Crippen LogP contribution in [-0.2, 0) is 6.54 Å². The molecule has 0 amide bonds. The number of hydrogen-bond acceptors (Lipinski definition) is 5. The number of ether oxygens (including phenoxy) is 4. The predicted molar refractivity (Wildman–Crippen MR) is 115 cm³/mol. The van der Waals surface area contributed by atoms with Crippen molar-refractivity contribution < 1.29 is 18.9 Å². The van der Waals surface area contributed by atoms with E-state index in [1.165, 1.54) is 0 Å². The maximum atomic E-state index is 5.95. The first-order valence-corrected chi connectivity index (χ1v) is 9.63. The fourth-order valence-electron chi connectivity index (χ4n) is 2.68. The van der Waals surface area contributed by atoms with Gasteiger partial charge in [0.15, 0.2) is 17.5 Å². The standard InChI is InChI=1S/C22H31N3O4/c1-6-23-22(25-15-17-10-11-20(27-4)21(12-17)28-5)24-14-16(2)29-19-9-7-8-18(13-19)26-3/h7-13,16H,6,14-15H2,1-5H3,(H2,23,24,25). The molecule has 0 aliphatic heterocycles. The summed E-state index contributed by atoms with van der Waals surface area (Å²) in [6, 6.07) is 13.4. The summed E-state index contributed by atoms with van der Waals surface area (Å²) in [6.07, 6.45) is -0.0490. The summed E-state index contributed by atoms with van der Waals surface area (Å²) in [5.41, 5.74) is 1.03. The third-order valence-corrected chi connectivity index (χ3v) is 4.15. The van der Waals surface area contributed by atoms with E-state index in [1.807, 2.05) is 56.3 Å². The van der Waals surface area contributed by atoms with Gasteiger partial charge in [-0.1, -0.05) is 12.1 Å². The Bertz CT molecular complexity index is 795. The average molecular weight is 402 g/mol. The van der Waals surface area contributed by atoms with Crippen LogP contribution in [0.4, 0.5) is 0 Å². The zero-order valence-corrected chi connectivity index (χ0v) is 17.8. The van der Waals surface area contributed by atoms with Gasteiger partial charge in [-0.2, -0.15) is 0 Å². The van der Waals surface area contributed by atoms with Crippen molar-refractivity contribution in [2.75, 3.05) is 34.4 Å². The molecule has 0 fully saturated rings. The van der Waals surface area contributed by atoms with E-state index in [-0.39, 0.29) is 6.10 Å². The second kappa shape index (κ2) is 11.7. The first-order valence-electron chi connectivity index (χ1n) is 9.63. The molecule has 0 radical (unpaired) electrons. The molecule has 2 N–H and O–H groups in total. The molecule has 0 aliphatic rings. The summed E-state index contributed by atoms with van der Waals surface area (Å²) in [7, 11) is 4.89. The molecule has 7 heteroatoms. The molecule has 2 aromatic rings. The second-order valence-electron chi connectivity index (χ2n) is 6.37. The van der Waals surface area contributed by atoms with Gasteiger partial charge in [0.1, 0.15) is 17.6 Å². The molecule has 7 nitrogen and oxygen atoms in total. The Labute approximate surface area is 173 Å². The third kappa shape index (κ3) is 7.10. The molecule has 0 saturated heterocycles. The number of aliphatic imine (C=N–C) groups is 1. The fourth-order valence-corrected chi connectivity index (χ4v) is 2.68. The van der Waals surface area contributed by atoms with Crippen LogP contribution in [0.15, 0.2) is 47.5 Å². The SMILES string of the molecule is CCNC(=NCc1ccc(OC)c(OC)c1)NCC(C)Oc1cccc(OC)c1. The first kappa shape index (κ1) is 22.2. The lowest BCUT2D eigenvalue weighted by molar-refractivity contribution is 0.223. The fraction of sp³-hybridized carbons (Fsp3) is 0.409. The van der Waals surface area contributed by atoms with Crippen molar-refractivity contribution in [2.24, 2.45) is 4.99 Å². The maximum Gasteiger partial charge on any atom is 0.191 e. The highest BCUT2D eigenvalue weighted by atomic mass is 16.5. The number of methoxy groups -OCH3 is 3. The monoisotopic (exact) mass is 401 g/mol. The minimum absolute atomic E-state index is 0.0490. The molecule has 2 aromatic carbocycles. The molecule has 1 atom stereocenters. The van der Waals surface area contributed by atoms with Gasteiger partial charge in [0.2, 0.25) is 0 Å². The maximum absolute atomic E-state index is 5.95. The molecule has 0 aromatic heterocycles. The highest BCUT2D eigenvalue weighted by Gasteiger charge is 2.08. The predicted octanol–water partition coefficient (Wildman–Crippen LogP) is 3.24. The van der Waals surface area contributed by atoms with E-state index < -0.39 is 0 Å². The van der Waals surface area contributed by atoms with Gasteiger partial charge in [0, 0.05) is 12.6 Å². The van der Waals surface area contributed by atoms with E-state index in [2.05, 4.69) is 15.6 Å². The Kier molecular flexibility index (Phi) is 8.95. The molecular weight excluding hydrogens is 370 g/mol. The van der Waals surface area contributed by atoms with E-state index >= 15 is 0 Å². The quantitative estimate of drug-likeness (QED) is 0.470. The van der Waals surface area contributed by atoms with Crippen molar-refractivity contribution in [3.05, 3.63) is 48.0 Å². The Hall–Kier alpha value is -3.09. The normalized spacial score (nSPS) is 12.1. The lowest BCUT2D eigenvalue weighted by Crippen LogP contribution is -2.41. The first-order chi connectivity index (χ1) is 14.1. The molecule has 158 valence electrons. The van der Waals surface area contributed by atoms with Crippen molar-refractivity contribution in [3.63, 3.8) is 0 Å². The van der Waals surface area contributed by atoms with Crippen molar-refractivity contribution in [3.8, 4) is 23.0 Å². The Morgan fingerprint density at radius 3 is 2.38 bits per heavy atom. The smallest absolute Gasteiger partial charge is 0.191 e. The summed E-state index contributed by atoms with van der Waals surface area (Å²) in [4.78, 5) is 4.64.